The van der Waals surface area contributed by atoms with E-state index in [1.165, 1.54) is 10.5 Å². The third-order valence-corrected chi connectivity index (χ3v) is 2.92. The van der Waals surface area contributed by atoms with E-state index in [1.807, 2.05) is 6.07 Å². The summed E-state index contributed by atoms with van der Waals surface area (Å²) in [4.78, 5) is 1.51. The van der Waals surface area contributed by atoms with Crippen molar-refractivity contribution < 1.29 is 10.0 Å². The van der Waals surface area contributed by atoms with Gasteiger partial charge >= 0.3 is 0 Å². The van der Waals surface area contributed by atoms with E-state index in [0.717, 1.165) is 6.54 Å². The van der Waals surface area contributed by atoms with E-state index in [2.05, 4.69) is 31.2 Å². The highest BCUT2D eigenvalue weighted by Gasteiger charge is 2.43. The molecule has 0 amide bonds. The lowest BCUT2D eigenvalue weighted by atomic mass is 10.1. The summed E-state index contributed by atoms with van der Waals surface area (Å²) in [5.74, 6) is 0. The van der Waals surface area contributed by atoms with Gasteiger partial charge in [-0.3, -0.25) is 0 Å². The van der Waals surface area contributed by atoms with Crippen molar-refractivity contribution in [2.75, 3.05) is 13.2 Å². The second kappa shape index (κ2) is 3.48. The van der Waals surface area contributed by atoms with Gasteiger partial charge in [0, 0.05) is 5.56 Å². The predicted octanol–water partition coefficient (Wildman–Crippen LogP) is 0.00700. The largest absolute Gasteiger partial charge is 0.390 e. The van der Waals surface area contributed by atoms with Gasteiger partial charge in [-0.2, -0.15) is 0 Å². The van der Waals surface area contributed by atoms with Gasteiger partial charge in [-0.15, -0.1) is 0 Å². The summed E-state index contributed by atoms with van der Waals surface area (Å²) in [6.45, 7) is 3.67. The van der Waals surface area contributed by atoms with Gasteiger partial charge in [0.15, 0.2) is 6.04 Å². The van der Waals surface area contributed by atoms with Gasteiger partial charge in [-0.1, -0.05) is 30.3 Å². The van der Waals surface area contributed by atoms with Crippen LogP contribution in [0.1, 0.15) is 18.5 Å². The van der Waals surface area contributed by atoms with Crippen LogP contribution in [0.3, 0.4) is 0 Å². The van der Waals surface area contributed by atoms with Crippen molar-refractivity contribution in [3.05, 3.63) is 35.9 Å². The van der Waals surface area contributed by atoms with E-state index in [-0.39, 0.29) is 0 Å². The Labute approximate surface area is 78.8 Å². The third-order valence-electron chi connectivity index (χ3n) is 2.92. The van der Waals surface area contributed by atoms with Crippen LogP contribution >= 0.6 is 0 Å². The summed E-state index contributed by atoms with van der Waals surface area (Å²) >= 11 is 0. The van der Waals surface area contributed by atoms with Crippen LogP contribution in [-0.4, -0.2) is 24.3 Å². The first-order chi connectivity index (χ1) is 6.33. The van der Waals surface area contributed by atoms with Gasteiger partial charge in [0.25, 0.3) is 0 Å². The quantitative estimate of drug-likeness (QED) is 0.626. The lowest BCUT2D eigenvalue weighted by molar-refractivity contribution is -0.810. The Morgan fingerprint density at radius 3 is 2.69 bits per heavy atom. The summed E-state index contributed by atoms with van der Waals surface area (Å²) in [7, 11) is 0. The Balaban J connectivity index is 2.03. The molecule has 1 aliphatic heterocycles. The second-order valence-corrected chi connectivity index (χ2v) is 3.79. The SMILES string of the molecule is C[C@H](c1ccccc1)[NH+]1C[C@H]1CO. The summed E-state index contributed by atoms with van der Waals surface area (Å²) < 4.78 is 0. The van der Waals surface area contributed by atoms with Crippen LogP contribution in [0.2, 0.25) is 0 Å². The first kappa shape index (κ1) is 8.73. The fraction of sp³-hybridized carbons (Fsp3) is 0.455. The zero-order valence-corrected chi connectivity index (χ0v) is 7.90. The number of aliphatic hydroxyl groups excluding tert-OH is 1. The molecule has 2 rings (SSSR count). The number of aliphatic hydroxyl groups is 1. The van der Waals surface area contributed by atoms with Crippen LogP contribution in [0.25, 0.3) is 0 Å². The van der Waals surface area contributed by atoms with E-state index in [1.54, 1.807) is 0 Å². The van der Waals surface area contributed by atoms with Crippen molar-refractivity contribution in [1.82, 2.24) is 0 Å². The average Bonchev–Trinajstić information content (AvgIpc) is 2.97. The molecule has 1 aliphatic rings. The van der Waals surface area contributed by atoms with E-state index in [0.29, 0.717) is 18.7 Å². The normalized spacial score (nSPS) is 28.5. The summed E-state index contributed by atoms with van der Waals surface area (Å²) in [5, 5.41) is 8.95. The van der Waals surface area contributed by atoms with E-state index in [9.17, 15) is 0 Å². The number of hydrogen-bond donors (Lipinski definition) is 2. The van der Waals surface area contributed by atoms with E-state index >= 15 is 0 Å². The van der Waals surface area contributed by atoms with Gasteiger partial charge in [0.05, 0.1) is 0 Å². The molecule has 0 aromatic heterocycles. The molecule has 2 heteroatoms. The predicted molar refractivity (Wildman–Crippen MR) is 51.6 cm³/mol. The van der Waals surface area contributed by atoms with Gasteiger partial charge in [0.1, 0.15) is 19.2 Å². The van der Waals surface area contributed by atoms with Crippen LogP contribution in [-0.2, 0) is 0 Å². The van der Waals surface area contributed by atoms with Gasteiger partial charge < -0.3 is 10.0 Å². The first-order valence-electron chi connectivity index (χ1n) is 4.84. The van der Waals surface area contributed by atoms with E-state index in [4.69, 9.17) is 5.11 Å². The lowest BCUT2D eigenvalue weighted by Gasteiger charge is -2.10. The van der Waals surface area contributed by atoms with Crippen LogP contribution in [0.5, 0.6) is 0 Å². The fourth-order valence-corrected chi connectivity index (χ4v) is 1.89. The maximum atomic E-state index is 8.95. The highest BCUT2D eigenvalue weighted by Crippen LogP contribution is 2.11. The molecule has 1 aromatic rings. The van der Waals surface area contributed by atoms with Crippen LogP contribution in [0.4, 0.5) is 0 Å². The Morgan fingerprint density at radius 2 is 2.15 bits per heavy atom. The number of benzene rings is 1. The summed E-state index contributed by atoms with van der Waals surface area (Å²) in [5.41, 5.74) is 1.37. The molecule has 1 heterocycles. The Bertz CT molecular complexity index is 273. The molecule has 0 saturated carbocycles. The molecular weight excluding hydrogens is 162 g/mol. The molecule has 1 saturated heterocycles. The minimum Gasteiger partial charge on any atom is -0.390 e. The molecule has 0 aliphatic carbocycles. The van der Waals surface area contributed by atoms with Gasteiger partial charge in [-0.25, -0.2) is 0 Å². The number of quaternary nitrogens is 1. The minimum absolute atomic E-state index is 0.326. The molecule has 1 fully saturated rings. The molecule has 70 valence electrons. The van der Waals surface area contributed by atoms with E-state index < -0.39 is 0 Å². The monoisotopic (exact) mass is 178 g/mol. The maximum absolute atomic E-state index is 8.95. The summed E-state index contributed by atoms with van der Waals surface area (Å²) in [6, 6.07) is 11.5. The van der Waals surface area contributed by atoms with Gasteiger partial charge in [0.2, 0.25) is 0 Å². The molecule has 2 N–H and O–H groups in total. The van der Waals surface area contributed by atoms with Crippen molar-refractivity contribution in [3.8, 4) is 0 Å². The molecular formula is C11H16NO+. The highest BCUT2D eigenvalue weighted by atomic mass is 16.3. The standard InChI is InChI=1S/C11H15NO/c1-9(12-7-11(12)8-13)10-5-3-2-4-6-10/h2-6,9,11,13H,7-8H2,1H3/p+1/t9-,11+,12?/m1/s1. The zero-order chi connectivity index (χ0) is 9.26. The molecule has 2 nitrogen and oxygen atoms in total. The Hall–Kier alpha value is -0.860. The molecule has 0 bridgehead atoms. The van der Waals surface area contributed by atoms with Crippen LogP contribution in [0, 0.1) is 0 Å². The molecule has 0 spiro atoms. The number of hydrogen-bond acceptors (Lipinski definition) is 1. The lowest BCUT2D eigenvalue weighted by Crippen LogP contribution is -2.94. The number of rotatable bonds is 3. The topological polar surface area (TPSA) is 24.7 Å². The molecule has 3 atom stereocenters. The smallest absolute Gasteiger partial charge is 0.161 e. The molecule has 1 unspecified atom stereocenters. The van der Waals surface area contributed by atoms with Crippen LogP contribution < -0.4 is 4.90 Å². The Kier molecular flexibility index (Phi) is 2.34. The maximum Gasteiger partial charge on any atom is 0.161 e. The third kappa shape index (κ3) is 1.74. The zero-order valence-electron chi connectivity index (χ0n) is 7.90. The molecule has 1 aromatic carbocycles. The molecule has 0 radical (unpaired) electrons. The van der Waals surface area contributed by atoms with Crippen molar-refractivity contribution in [1.29, 1.82) is 0 Å². The minimum atomic E-state index is 0.326. The average molecular weight is 178 g/mol. The van der Waals surface area contributed by atoms with Crippen molar-refractivity contribution in [2.45, 2.75) is 19.0 Å². The van der Waals surface area contributed by atoms with Crippen molar-refractivity contribution in [3.63, 3.8) is 0 Å². The molecule has 13 heavy (non-hydrogen) atoms. The van der Waals surface area contributed by atoms with Gasteiger partial charge in [-0.05, 0) is 6.92 Å². The first-order valence-corrected chi connectivity index (χ1v) is 4.84. The Morgan fingerprint density at radius 1 is 1.46 bits per heavy atom. The second-order valence-electron chi connectivity index (χ2n) is 3.79. The van der Waals surface area contributed by atoms with Crippen LogP contribution in [0.15, 0.2) is 30.3 Å². The highest BCUT2D eigenvalue weighted by molar-refractivity contribution is 5.16. The van der Waals surface area contributed by atoms with Crippen molar-refractivity contribution in [2.24, 2.45) is 0 Å². The summed E-state index contributed by atoms with van der Waals surface area (Å²) in [6.07, 6.45) is 0. The van der Waals surface area contributed by atoms with Crippen molar-refractivity contribution >= 4 is 0 Å². The number of nitrogens with one attached hydrogen (secondary N) is 1. The fourth-order valence-electron chi connectivity index (χ4n) is 1.89.